The molecule has 1 fully saturated rings. The van der Waals surface area contributed by atoms with E-state index in [0.717, 1.165) is 6.42 Å². The summed E-state index contributed by atoms with van der Waals surface area (Å²) in [4.78, 5) is 26.1. The molecule has 5 nitrogen and oxygen atoms in total. The second-order valence-electron chi connectivity index (χ2n) is 6.35. The first-order valence-electron chi connectivity index (χ1n) is 8.70. The Morgan fingerprint density at radius 1 is 1.19 bits per heavy atom. The molecule has 0 bridgehead atoms. The number of halogens is 2. The lowest BCUT2D eigenvalue weighted by Crippen LogP contribution is -2.28. The SMILES string of the molecule is CC(NC(=O)c1cccc(N2CCCC2=O)c1)c1cccc(OC(F)F)c1. The molecule has 0 radical (unpaired) electrons. The summed E-state index contributed by atoms with van der Waals surface area (Å²) in [6.45, 7) is -0.494. The Hall–Kier alpha value is -2.96. The number of nitrogens with one attached hydrogen (secondary N) is 1. The number of rotatable bonds is 6. The third kappa shape index (κ3) is 4.61. The fourth-order valence-electron chi connectivity index (χ4n) is 3.06. The Labute approximate surface area is 155 Å². The van der Waals surface area contributed by atoms with E-state index in [9.17, 15) is 18.4 Å². The lowest BCUT2D eigenvalue weighted by Gasteiger charge is -2.18. The Bertz CT molecular complexity index is 841. The molecule has 1 heterocycles. The van der Waals surface area contributed by atoms with Crippen LogP contribution in [0, 0.1) is 0 Å². The number of benzene rings is 2. The minimum atomic E-state index is -2.90. The molecule has 0 aromatic heterocycles. The van der Waals surface area contributed by atoms with Gasteiger partial charge in [0.05, 0.1) is 6.04 Å². The van der Waals surface area contributed by atoms with Crippen molar-refractivity contribution in [2.45, 2.75) is 32.4 Å². The van der Waals surface area contributed by atoms with E-state index in [1.807, 2.05) is 0 Å². The molecule has 1 atom stereocenters. The van der Waals surface area contributed by atoms with Gasteiger partial charge in [-0.15, -0.1) is 0 Å². The molecule has 2 aromatic rings. The molecule has 1 saturated heterocycles. The van der Waals surface area contributed by atoms with Crippen LogP contribution in [-0.2, 0) is 4.79 Å². The maximum Gasteiger partial charge on any atom is 0.387 e. The van der Waals surface area contributed by atoms with Crippen molar-refractivity contribution in [3.63, 3.8) is 0 Å². The Morgan fingerprint density at radius 2 is 1.96 bits per heavy atom. The minimum absolute atomic E-state index is 0.0399. The summed E-state index contributed by atoms with van der Waals surface area (Å²) >= 11 is 0. The molecule has 0 aliphatic carbocycles. The first-order chi connectivity index (χ1) is 12.9. The molecule has 3 rings (SSSR count). The van der Waals surface area contributed by atoms with E-state index in [0.29, 0.717) is 29.8 Å². The highest BCUT2D eigenvalue weighted by Gasteiger charge is 2.22. The maximum absolute atomic E-state index is 12.6. The standard InChI is InChI=1S/C20H20F2N2O3/c1-13(14-5-3-8-17(12-14)27-20(21)22)23-19(26)15-6-2-7-16(11-15)24-10-4-9-18(24)25/h2-3,5-8,11-13,20H,4,9-10H2,1H3,(H,23,26). The number of carbonyl (C=O) groups is 2. The second kappa shape index (κ2) is 8.16. The molecule has 1 aliphatic rings. The monoisotopic (exact) mass is 374 g/mol. The number of anilines is 1. The zero-order valence-electron chi connectivity index (χ0n) is 14.8. The van der Waals surface area contributed by atoms with Gasteiger partial charge in [-0.1, -0.05) is 18.2 Å². The molecule has 142 valence electrons. The lowest BCUT2D eigenvalue weighted by atomic mass is 10.1. The second-order valence-corrected chi connectivity index (χ2v) is 6.35. The molecular formula is C20H20F2N2O3. The van der Waals surface area contributed by atoms with Crippen LogP contribution in [0.2, 0.25) is 0 Å². The predicted molar refractivity (Wildman–Crippen MR) is 97.0 cm³/mol. The van der Waals surface area contributed by atoms with Crippen molar-refractivity contribution < 1.29 is 23.1 Å². The number of carbonyl (C=O) groups excluding carboxylic acids is 2. The fraction of sp³-hybridized carbons (Fsp3) is 0.300. The predicted octanol–water partition coefficient (Wildman–Crippen LogP) is 3.91. The minimum Gasteiger partial charge on any atom is -0.435 e. The summed E-state index contributed by atoms with van der Waals surface area (Å²) in [5.41, 5.74) is 1.77. The van der Waals surface area contributed by atoms with Crippen molar-refractivity contribution in [1.82, 2.24) is 5.32 Å². The number of amides is 2. The van der Waals surface area contributed by atoms with Gasteiger partial charge in [0.1, 0.15) is 5.75 Å². The van der Waals surface area contributed by atoms with E-state index in [1.165, 1.54) is 12.1 Å². The number of alkyl halides is 2. The van der Waals surface area contributed by atoms with Gasteiger partial charge in [-0.05, 0) is 49.2 Å². The van der Waals surface area contributed by atoms with Crippen molar-refractivity contribution >= 4 is 17.5 Å². The van der Waals surface area contributed by atoms with E-state index in [2.05, 4.69) is 10.1 Å². The van der Waals surface area contributed by atoms with Crippen LogP contribution in [0.15, 0.2) is 48.5 Å². The summed E-state index contributed by atoms with van der Waals surface area (Å²) in [6.07, 6.45) is 1.33. The van der Waals surface area contributed by atoms with Gasteiger partial charge in [0.15, 0.2) is 0 Å². The van der Waals surface area contributed by atoms with Gasteiger partial charge in [-0.25, -0.2) is 0 Å². The molecule has 0 spiro atoms. The van der Waals surface area contributed by atoms with Crippen LogP contribution in [0.5, 0.6) is 5.75 Å². The fourth-order valence-corrected chi connectivity index (χ4v) is 3.06. The summed E-state index contributed by atoms with van der Waals surface area (Å²) in [5, 5.41) is 2.84. The van der Waals surface area contributed by atoms with Gasteiger partial charge < -0.3 is 15.0 Å². The van der Waals surface area contributed by atoms with Crippen LogP contribution in [-0.4, -0.2) is 25.0 Å². The van der Waals surface area contributed by atoms with Crippen LogP contribution < -0.4 is 15.0 Å². The van der Waals surface area contributed by atoms with Crippen molar-refractivity contribution in [3.8, 4) is 5.75 Å². The molecule has 1 N–H and O–H groups in total. The summed E-state index contributed by atoms with van der Waals surface area (Å²) in [6, 6.07) is 12.7. The smallest absolute Gasteiger partial charge is 0.387 e. The van der Waals surface area contributed by atoms with Crippen molar-refractivity contribution in [3.05, 3.63) is 59.7 Å². The van der Waals surface area contributed by atoms with Crippen LogP contribution in [0.3, 0.4) is 0 Å². The van der Waals surface area contributed by atoms with E-state index in [1.54, 1.807) is 48.2 Å². The highest BCUT2D eigenvalue weighted by molar-refractivity contribution is 5.99. The average Bonchev–Trinajstić information content (AvgIpc) is 3.07. The number of ether oxygens (including phenoxy) is 1. The van der Waals surface area contributed by atoms with E-state index in [-0.39, 0.29) is 17.6 Å². The van der Waals surface area contributed by atoms with E-state index >= 15 is 0 Å². The number of hydrogen-bond donors (Lipinski definition) is 1. The van der Waals surface area contributed by atoms with Gasteiger partial charge in [0.25, 0.3) is 5.91 Å². The first-order valence-corrected chi connectivity index (χ1v) is 8.70. The lowest BCUT2D eigenvalue weighted by molar-refractivity contribution is -0.117. The molecule has 7 heteroatoms. The topological polar surface area (TPSA) is 58.6 Å². The van der Waals surface area contributed by atoms with Crippen LogP contribution in [0.4, 0.5) is 14.5 Å². The summed E-state index contributed by atoms with van der Waals surface area (Å²) in [5.74, 6) is -0.217. The Balaban J connectivity index is 1.71. The molecule has 27 heavy (non-hydrogen) atoms. The Morgan fingerprint density at radius 3 is 2.67 bits per heavy atom. The van der Waals surface area contributed by atoms with Gasteiger partial charge in [-0.2, -0.15) is 8.78 Å². The summed E-state index contributed by atoms with van der Waals surface area (Å²) < 4.78 is 29.1. The third-order valence-corrected chi connectivity index (χ3v) is 4.42. The zero-order chi connectivity index (χ0) is 19.4. The number of hydrogen-bond acceptors (Lipinski definition) is 3. The molecule has 1 unspecified atom stereocenters. The van der Waals surface area contributed by atoms with Crippen LogP contribution >= 0.6 is 0 Å². The van der Waals surface area contributed by atoms with Gasteiger partial charge in [-0.3, -0.25) is 9.59 Å². The molecule has 0 saturated carbocycles. The highest BCUT2D eigenvalue weighted by Crippen LogP contribution is 2.24. The van der Waals surface area contributed by atoms with Crippen LogP contribution in [0.25, 0.3) is 0 Å². The average molecular weight is 374 g/mol. The van der Waals surface area contributed by atoms with Gasteiger partial charge in [0.2, 0.25) is 5.91 Å². The van der Waals surface area contributed by atoms with Crippen molar-refractivity contribution in [2.24, 2.45) is 0 Å². The van der Waals surface area contributed by atoms with Crippen molar-refractivity contribution in [1.29, 1.82) is 0 Å². The van der Waals surface area contributed by atoms with Gasteiger partial charge >= 0.3 is 6.61 Å². The van der Waals surface area contributed by atoms with E-state index < -0.39 is 12.7 Å². The van der Waals surface area contributed by atoms with E-state index in [4.69, 9.17) is 0 Å². The molecule has 2 aromatic carbocycles. The normalized spacial score (nSPS) is 15.1. The number of nitrogens with zero attached hydrogens (tertiary/aromatic N) is 1. The van der Waals surface area contributed by atoms with Gasteiger partial charge in [0, 0.05) is 24.2 Å². The third-order valence-electron chi connectivity index (χ3n) is 4.42. The molecule has 2 amide bonds. The molecular weight excluding hydrogens is 354 g/mol. The van der Waals surface area contributed by atoms with Crippen LogP contribution in [0.1, 0.15) is 41.7 Å². The summed E-state index contributed by atoms with van der Waals surface area (Å²) in [7, 11) is 0. The first kappa shape index (κ1) is 18.8. The maximum atomic E-state index is 12.6. The highest BCUT2D eigenvalue weighted by atomic mass is 19.3. The molecule has 1 aliphatic heterocycles. The Kier molecular flexibility index (Phi) is 5.69. The largest absolute Gasteiger partial charge is 0.435 e. The quantitative estimate of drug-likeness (QED) is 0.834. The van der Waals surface area contributed by atoms with Crippen molar-refractivity contribution in [2.75, 3.05) is 11.4 Å². The zero-order valence-corrected chi connectivity index (χ0v) is 14.8.